The van der Waals surface area contributed by atoms with Gasteiger partial charge in [0.15, 0.2) is 5.65 Å². The van der Waals surface area contributed by atoms with Crippen molar-refractivity contribution in [2.75, 3.05) is 18.4 Å². The quantitative estimate of drug-likeness (QED) is 0.725. The van der Waals surface area contributed by atoms with Gasteiger partial charge in [-0.3, -0.25) is 14.0 Å². The molecule has 2 unspecified atom stereocenters. The fraction of sp³-hybridized carbons (Fsp3) is 0.391. The molecule has 1 saturated heterocycles. The van der Waals surface area contributed by atoms with Crippen molar-refractivity contribution in [3.63, 3.8) is 0 Å². The summed E-state index contributed by atoms with van der Waals surface area (Å²) in [6.45, 7) is 3.44. The molecule has 0 bridgehead atoms. The molecule has 5 rings (SSSR count). The van der Waals surface area contributed by atoms with Crippen LogP contribution in [0.15, 0.2) is 48.7 Å². The Balaban J connectivity index is 1.23. The monoisotopic (exact) mass is 403 g/mol. The van der Waals surface area contributed by atoms with Crippen LogP contribution in [0.3, 0.4) is 0 Å². The molecule has 2 amide bonds. The van der Waals surface area contributed by atoms with Gasteiger partial charge in [-0.05, 0) is 55.5 Å². The van der Waals surface area contributed by atoms with Gasteiger partial charge in [0, 0.05) is 42.4 Å². The third kappa shape index (κ3) is 3.56. The Labute approximate surface area is 175 Å². The Morgan fingerprint density at radius 1 is 1.07 bits per heavy atom. The Bertz CT molecular complexity index is 1100. The van der Waals surface area contributed by atoms with Crippen LogP contribution in [0.2, 0.25) is 0 Å². The topological polar surface area (TPSA) is 79.6 Å². The molecule has 2 aromatic heterocycles. The molecule has 154 valence electrons. The van der Waals surface area contributed by atoms with Gasteiger partial charge >= 0.3 is 0 Å². The van der Waals surface area contributed by atoms with E-state index in [-0.39, 0.29) is 23.7 Å². The second-order valence-corrected chi connectivity index (χ2v) is 8.44. The average molecular weight is 403 g/mol. The maximum atomic E-state index is 13.0. The zero-order valence-corrected chi connectivity index (χ0v) is 17.0. The molecule has 1 aromatic carbocycles. The fourth-order valence-corrected chi connectivity index (χ4v) is 4.31. The second-order valence-electron chi connectivity index (χ2n) is 8.44. The molecule has 0 spiro atoms. The number of nitrogens with one attached hydrogen (secondary N) is 1. The van der Waals surface area contributed by atoms with Crippen LogP contribution in [0.1, 0.15) is 48.3 Å². The van der Waals surface area contributed by atoms with Gasteiger partial charge in [0.05, 0.1) is 0 Å². The highest BCUT2D eigenvalue weighted by atomic mass is 16.2. The van der Waals surface area contributed by atoms with E-state index in [4.69, 9.17) is 0 Å². The van der Waals surface area contributed by atoms with Gasteiger partial charge < -0.3 is 10.2 Å². The second kappa shape index (κ2) is 7.55. The Morgan fingerprint density at radius 2 is 1.87 bits per heavy atom. The molecule has 2 aliphatic rings. The minimum absolute atomic E-state index is 0.00967. The number of hydrogen-bond donors (Lipinski definition) is 1. The van der Waals surface area contributed by atoms with E-state index in [9.17, 15) is 9.59 Å². The number of amides is 2. The number of fused-ring (bicyclic) bond motifs is 1. The molecule has 2 atom stereocenters. The molecule has 30 heavy (non-hydrogen) atoms. The lowest BCUT2D eigenvalue weighted by Gasteiger charge is -2.31. The van der Waals surface area contributed by atoms with Gasteiger partial charge in [0.1, 0.15) is 5.82 Å². The highest BCUT2D eigenvalue weighted by Crippen LogP contribution is 2.38. The number of pyridine rings is 1. The van der Waals surface area contributed by atoms with Crippen molar-refractivity contribution < 1.29 is 9.59 Å². The molecule has 1 saturated carbocycles. The smallest absolute Gasteiger partial charge is 0.253 e. The largest absolute Gasteiger partial charge is 0.339 e. The van der Waals surface area contributed by atoms with Crippen molar-refractivity contribution in [3.05, 3.63) is 60.0 Å². The molecule has 1 N–H and O–H groups in total. The highest BCUT2D eigenvalue weighted by molar-refractivity contribution is 5.98. The number of likely N-dealkylation sites (tertiary alicyclic amines) is 1. The summed E-state index contributed by atoms with van der Waals surface area (Å²) in [7, 11) is 0. The summed E-state index contributed by atoms with van der Waals surface area (Å²) in [5.41, 5.74) is 2.16. The van der Waals surface area contributed by atoms with E-state index in [1.807, 2.05) is 51.9 Å². The number of rotatable bonds is 4. The van der Waals surface area contributed by atoms with Crippen LogP contribution < -0.4 is 5.32 Å². The van der Waals surface area contributed by atoms with Crippen molar-refractivity contribution in [3.8, 4) is 0 Å². The van der Waals surface area contributed by atoms with Crippen LogP contribution in [-0.2, 0) is 4.79 Å². The first-order valence-corrected chi connectivity index (χ1v) is 10.6. The number of anilines is 1. The third-order valence-corrected chi connectivity index (χ3v) is 6.31. The van der Waals surface area contributed by atoms with Crippen LogP contribution in [0.25, 0.3) is 5.65 Å². The van der Waals surface area contributed by atoms with E-state index in [1.165, 1.54) is 0 Å². The summed E-state index contributed by atoms with van der Waals surface area (Å²) in [4.78, 5) is 27.1. The van der Waals surface area contributed by atoms with E-state index in [0.717, 1.165) is 30.7 Å². The highest BCUT2D eigenvalue weighted by Gasteiger charge is 2.39. The van der Waals surface area contributed by atoms with Crippen LogP contribution in [0.5, 0.6) is 0 Å². The van der Waals surface area contributed by atoms with E-state index >= 15 is 0 Å². The van der Waals surface area contributed by atoms with Gasteiger partial charge in [0.2, 0.25) is 5.91 Å². The van der Waals surface area contributed by atoms with Crippen LogP contribution >= 0.6 is 0 Å². The lowest BCUT2D eigenvalue weighted by molar-refractivity contribution is -0.117. The number of benzene rings is 1. The van der Waals surface area contributed by atoms with Gasteiger partial charge in [-0.2, -0.15) is 0 Å². The maximum Gasteiger partial charge on any atom is 0.253 e. The van der Waals surface area contributed by atoms with Crippen molar-refractivity contribution in [1.82, 2.24) is 19.5 Å². The standard InChI is InChI=1S/C23H25N5O2/c1-15-13-19(15)22(29)24-18-6-4-5-17(14-18)23(30)27-11-8-16(9-12-27)21-26-25-20-7-2-3-10-28(20)21/h2-7,10,14-16,19H,8-9,11-13H2,1H3,(H,24,29). The SMILES string of the molecule is CC1CC1C(=O)Nc1cccc(C(=O)N2CCC(c3nnc4ccccn34)CC2)c1. The van der Waals surface area contributed by atoms with Gasteiger partial charge in [-0.15, -0.1) is 10.2 Å². The predicted molar refractivity (Wildman–Crippen MR) is 113 cm³/mol. The molecular formula is C23H25N5O2. The van der Waals surface area contributed by atoms with E-state index < -0.39 is 0 Å². The first-order chi connectivity index (χ1) is 14.6. The summed E-state index contributed by atoms with van der Waals surface area (Å²) >= 11 is 0. The first-order valence-electron chi connectivity index (χ1n) is 10.6. The molecule has 3 heterocycles. The van der Waals surface area contributed by atoms with Crippen molar-refractivity contribution in [2.24, 2.45) is 11.8 Å². The number of piperidine rings is 1. The lowest BCUT2D eigenvalue weighted by atomic mass is 9.95. The number of nitrogens with zero attached hydrogens (tertiary/aromatic N) is 4. The molecule has 7 nitrogen and oxygen atoms in total. The minimum Gasteiger partial charge on any atom is -0.339 e. The number of hydrogen-bond acceptors (Lipinski definition) is 4. The van der Waals surface area contributed by atoms with E-state index in [2.05, 4.69) is 22.4 Å². The normalized spacial score (nSPS) is 21.6. The Morgan fingerprint density at radius 3 is 2.63 bits per heavy atom. The lowest BCUT2D eigenvalue weighted by Crippen LogP contribution is -2.38. The van der Waals surface area contributed by atoms with E-state index in [1.54, 1.807) is 6.07 Å². The number of aromatic nitrogens is 3. The summed E-state index contributed by atoms with van der Waals surface area (Å²) < 4.78 is 2.04. The zero-order chi connectivity index (χ0) is 20.7. The summed E-state index contributed by atoms with van der Waals surface area (Å²) in [5, 5.41) is 11.6. The number of carbonyl (C=O) groups is 2. The van der Waals surface area contributed by atoms with Gasteiger partial charge in [0.25, 0.3) is 5.91 Å². The molecule has 0 radical (unpaired) electrons. The summed E-state index contributed by atoms with van der Waals surface area (Å²) in [5.74, 6) is 1.88. The summed E-state index contributed by atoms with van der Waals surface area (Å²) in [6.07, 6.45) is 4.65. The Kier molecular flexibility index (Phi) is 4.73. The number of carbonyl (C=O) groups excluding carboxylic acids is 2. The van der Waals surface area contributed by atoms with Gasteiger partial charge in [-0.25, -0.2) is 0 Å². The molecule has 7 heteroatoms. The first kappa shape index (κ1) is 18.8. The van der Waals surface area contributed by atoms with Gasteiger partial charge in [-0.1, -0.05) is 19.1 Å². The van der Waals surface area contributed by atoms with Crippen LogP contribution in [-0.4, -0.2) is 44.4 Å². The van der Waals surface area contributed by atoms with E-state index in [0.29, 0.717) is 30.3 Å². The molecule has 2 fully saturated rings. The van der Waals surface area contributed by atoms with Crippen LogP contribution in [0.4, 0.5) is 5.69 Å². The predicted octanol–water partition coefficient (Wildman–Crippen LogP) is 3.34. The Hall–Kier alpha value is -3.22. The zero-order valence-electron chi connectivity index (χ0n) is 17.0. The average Bonchev–Trinajstić information content (AvgIpc) is 3.36. The van der Waals surface area contributed by atoms with Crippen molar-refractivity contribution >= 4 is 23.1 Å². The summed E-state index contributed by atoms with van der Waals surface area (Å²) in [6, 6.07) is 13.1. The fourth-order valence-electron chi connectivity index (χ4n) is 4.31. The molecule has 1 aliphatic heterocycles. The van der Waals surface area contributed by atoms with Crippen LogP contribution in [0, 0.1) is 11.8 Å². The molecule has 1 aliphatic carbocycles. The third-order valence-electron chi connectivity index (χ3n) is 6.31. The molecule has 3 aromatic rings. The minimum atomic E-state index is 0.00967. The van der Waals surface area contributed by atoms with Crippen molar-refractivity contribution in [1.29, 1.82) is 0 Å². The maximum absolute atomic E-state index is 13.0. The molecular weight excluding hydrogens is 378 g/mol. The van der Waals surface area contributed by atoms with Crippen molar-refractivity contribution in [2.45, 2.75) is 32.1 Å².